The van der Waals surface area contributed by atoms with Gasteiger partial charge in [-0.25, -0.2) is 4.39 Å². The van der Waals surface area contributed by atoms with Crippen molar-refractivity contribution in [3.63, 3.8) is 0 Å². The topological polar surface area (TPSA) is 42.2 Å². The van der Waals surface area contributed by atoms with Gasteiger partial charge in [0.25, 0.3) is 5.91 Å². The monoisotopic (exact) mass is 329 g/mol. The third-order valence-corrected chi connectivity index (χ3v) is 4.50. The van der Waals surface area contributed by atoms with Crippen LogP contribution in [0.15, 0.2) is 51.8 Å². The van der Waals surface area contributed by atoms with Gasteiger partial charge in [0, 0.05) is 15.8 Å². The lowest BCUT2D eigenvalue weighted by Gasteiger charge is -2.09. The van der Waals surface area contributed by atoms with Crippen molar-refractivity contribution in [2.75, 3.05) is 11.1 Å². The maximum absolute atomic E-state index is 13.4. The van der Waals surface area contributed by atoms with Gasteiger partial charge >= 0.3 is 0 Å². The van der Waals surface area contributed by atoms with Crippen molar-refractivity contribution in [3.05, 3.63) is 59.6 Å². The molecule has 2 aromatic carbocycles. The number of anilines is 1. The van der Waals surface area contributed by atoms with E-state index in [0.29, 0.717) is 16.5 Å². The van der Waals surface area contributed by atoms with E-state index in [1.54, 1.807) is 18.7 Å². The van der Waals surface area contributed by atoms with Crippen LogP contribution in [0.2, 0.25) is 0 Å². The summed E-state index contributed by atoms with van der Waals surface area (Å²) in [4.78, 5) is 13.5. The zero-order chi connectivity index (χ0) is 16.4. The maximum Gasteiger partial charge on any atom is 0.291 e. The number of aryl methyl sites for hydroxylation is 1. The van der Waals surface area contributed by atoms with E-state index in [1.165, 1.54) is 18.2 Å². The molecule has 0 spiro atoms. The predicted octanol–water partition coefficient (Wildman–Crippen LogP) is 5.24. The first kappa shape index (κ1) is 15.6. The first-order chi connectivity index (χ1) is 11.1. The fourth-order valence-corrected chi connectivity index (χ4v) is 3.20. The van der Waals surface area contributed by atoms with Crippen molar-refractivity contribution in [1.29, 1.82) is 0 Å². The summed E-state index contributed by atoms with van der Waals surface area (Å²) >= 11 is 1.66. The molecule has 23 heavy (non-hydrogen) atoms. The second kappa shape index (κ2) is 6.46. The lowest BCUT2D eigenvalue weighted by Crippen LogP contribution is -2.12. The van der Waals surface area contributed by atoms with Crippen LogP contribution in [0.3, 0.4) is 0 Å². The van der Waals surface area contributed by atoms with E-state index in [9.17, 15) is 9.18 Å². The number of para-hydroxylation sites is 1. The largest absolute Gasteiger partial charge is 0.451 e. The highest BCUT2D eigenvalue weighted by Gasteiger charge is 2.19. The van der Waals surface area contributed by atoms with Crippen LogP contribution >= 0.6 is 11.8 Å². The standard InChI is InChI=1S/C18H16FNO2S/c1-3-23-16-7-5-4-6-14(16)20-18(21)17-11(2)13-10-12(19)8-9-15(13)22-17/h4-10H,3H2,1-2H3,(H,20,21). The molecule has 0 fully saturated rings. The van der Waals surface area contributed by atoms with Crippen molar-refractivity contribution in [2.24, 2.45) is 0 Å². The van der Waals surface area contributed by atoms with Crippen molar-refractivity contribution < 1.29 is 13.6 Å². The maximum atomic E-state index is 13.4. The van der Waals surface area contributed by atoms with Gasteiger partial charge < -0.3 is 9.73 Å². The molecule has 0 aliphatic carbocycles. The van der Waals surface area contributed by atoms with Crippen LogP contribution < -0.4 is 5.32 Å². The van der Waals surface area contributed by atoms with Crippen molar-refractivity contribution in [2.45, 2.75) is 18.7 Å². The van der Waals surface area contributed by atoms with E-state index in [0.717, 1.165) is 16.3 Å². The van der Waals surface area contributed by atoms with Gasteiger partial charge in [0.05, 0.1) is 5.69 Å². The van der Waals surface area contributed by atoms with Crippen LogP contribution in [0.25, 0.3) is 11.0 Å². The summed E-state index contributed by atoms with van der Waals surface area (Å²) in [7, 11) is 0. The molecule has 1 N–H and O–H groups in total. The predicted molar refractivity (Wildman–Crippen MR) is 91.7 cm³/mol. The summed E-state index contributed by atoms with van der Waals surface area (Å²) in [6, 6.07) is 11.9. The summed E-state index contributed by atoms with van der Waals surface area (Å²) in [5.41, 5.74) is 1.89. The minimum atomic E-state index is -0.349. The number of carbonyl (C=O) groups is 1. The molecule has 3 aromatic rings. The molecule has 1 heterocycles. The highest BCUT2D eigenvalue weighted by atomic mass is 32.2. The molecule has 1 amide bonds. The van der Waals surface area contributed by atoms with Crippen LogP contribution in [0.4, 0.5) is 10.1 Å². The smallest absolute Gasteiger partial charge is 0.291 e. The SMILES string of the molecule is CCSc1ccccc1NC(=O)c1oc2ccc(F)cc2c1C. The number of benzene rings is 2. The minimum absolute atomic E-state index is 0.210. The number of hydrogen-bond acceptors (Lipinski definition) is 3. The average Bonchev–Trinajstić information content (AvgIpc) is 2.86. The molecule has 0 atom stereocenters. The van der Waals surface area contributed by atoms with E-state index < -0.39 is 0 Å². The molecule has 0 unspecified atom stereocenters. The van der Waals surface area contributed by atoms with Crippen molar-refractivity contribution in [1.82, 2.24) is 0 Å². The molecular formula is C18H16FNO2S. The molecule has 0 bridgehead atoms. The van der Waals surface area contributed by atoms with Gasteiger partial charge in [-0.05, 0) is 43.0 Å². The van der Waals surface area contributed by atoms with Gasteiger partial charge in [0.1, 0.15) is 11.4 Å². The second-order valence-corrected chi connectivity index (χ2v) is 6.39. The van der Waals surface area contributed by atoms with E-state index in [2.05, 4.69) is 12.2 Å². The zero-order valence-electron chi connectivity index (χ0n) is 12.9. The number of fused-ring (bicyclic) bond motifs is 1. The highest BCUT2D eigenvalue weighted by molar-refractivity contribution is 7.99. The third kappa shape index (κ3) is 3.10. The van der Waals surface area contributed by atoms with Gasteiger partial charge in [0.2, 0.25) is 0 Å². The Balaban J connectivity index is 1.94. The van der Waals surface area contributed by atoms with Gasteiger partial charge in [-0.1, -0.05) is 19.1 Å². The highest BCUT2D eigenvalue weighted by Crippen LogP contribution is 2.29. The molecule has 1 aromatic heterocycles. The summed E-state index contributed by atoms with van der Waals surface area (Å²) < 4.78 is 19.0. The minimum Gasteiger partial charge on any atom is -0.451 e. The van der Waals surface area contributed by atoms with Gasteiger partial charge in [0.15, 0.2) is 5.76 Å². The average molecular weight is 329 g/mol. The number of carbonyl (C=O) groups excluding carboxylic acids is 1. The normalized spacial score (nSPS) is 10.9. The van der Waals surface area contributed by atoms with Crippen molar-refractivity contribution >= 4 is 34.3 Å². The zero-order valence-corrected chi connectivity index (χ0v) is 13.7. The van der Waals surface area contributed by atoms with Gasteiger partial charge in [-0.3, -0.25) is 4.79 Å². The lowest BCUT2D eigenvalue weighted by atomic mass is 10.1. The second-order valence-electron chi connectivity index (χ2n) is 5.08. The number of rotatable bonds is 4. The van der Waals surface area contributed by atoms with E-state index in [4.69, 9.17) is 4.42 Å². The summed E-state index contributed by atoms with van der Waals surface area (Å²) in [6.45, 7) is 3.81. The summed E-state index contributed by atoms with van der Waals surface area (Å²) in [6.07, 6.45) is 0. The lowest BCUT2D eigenvalue weighted by molar-refractivity contribution is 0.0997. The Bertz CT molecular complexity index is 873. The molecule has 118 valence electrons. The van der Waals surface area contributed by atoms with Crippen LogP contribution in [-0.2, 0) is 0 Å². The number of thioether (sulfide) groups is 1. The number of amides is 1. The number of nitrogens with one attached hydrogen (secondary N) is 1. The van der Waals surface area contributed by atoms with Crippen LogP contribution in [0.1, 0.15) is 23.0 Å². The van der Waals surface area contributed by atoms with Crippen LogP contribution in [0, 0.1) is 12.7 Å². The first-order valence-corrected chi connectivity index (χ1v) is 8.30. The van der Waals surface area contributed by atoms with Crippen LogP contribution in [-0.4, -0.2) is 11.7 Å². The van der Waals surface area contributed by atoms with E-state index >= 15 is 0 Å². The Morgan fingerprint density at radius 2 is 2.04 bits per heavy atom. The molecule has 0 aliphatic heterocycles. The Morgan fingerprint density at radius 3 is 2.83 bits per heavy atom. The fourth-order valence-electron chi connectivity index (χ4n) is 2.44. The number of hydrogen-bond donors (Lipinski definition) is 1. The molecule has 3 nitrogen and oxygen atoms in total. The molecule has 5 heteroatoms. The molecule has 3 rings (SSSR count). The van der Waals surface area contributed by atoms with E-state index in [1.807, 2.05) is 24.3 Å². The summed E-state index contributed by atoms with van der Waals surface area (Å²) in [5.74, 6) is 0.443. The first-order valence-electron chi connectivity index (χ1n) is 7.32. The molecule has 0 radical (unpaired) electrons. The Morgan fingerprint density at radius 1 is 1.26 bits per heavy atom. The fraction of sp³-hybridized carbons (Fsp3) is 0.167. The van der Waals surface area contributed by atoms with Crippen LogP contribution in [0.5, 0.6) is 0 Å². The Kier molecular flexibility index (Phi) is 4.39. The Hall–Kier alpha value is -2.27. The number of furan rings is 1. The summed E-state index contributed by atoms with van der Waals surface area (Å²) in [5, 5.41) is 3.50. The van der Waals surface area contributed by atoms with Gasteiger partial charge in [-0.15, -0.1) is 11.8 Å². The Labute approximate surface area is 137 Å². The molecular weight excluding hydrogens is 313 g/mol. The molecule has 0 saturated carbocycles. The molecule has 0 aliphatic rings. The van der Waals surface area contributed by atoms with E-state index in [-0.39, 0.29) is 17.5 Å². The van der Waals surface area contributed by atoms with Crippen molar-refractivity contribution in [3.8, 4) is 0 Å². The van der Waals surface area contributed by atoms with Gasteiger partial charge in [-0.2, -0.15) is 0 Å². The quantitative estimate of drug-likeness (QED) is 0.665. The third-order valence-electron chi connectivity index (χ3n) is 3.54. The molecule has 0 saturated heterocycles. The number of halogens is 1.